The van der Waals surface area contributed by atoms with E-state index < -0.39 is 10.0 Å². The highest BCUT2D eigenvalue weighted by molar-refractivity contribution is 7.89. The lowest BCUT2D eigenvalue weighted by molar-refractivity contribution is -0.120. The number of ether oxygens (including phenoxy) is 1. The second-order valence-corrected chi connectivity index (χ2v) is 13.8. The number of hydrogen-bond donors (Lipinski definition) is 1. The quantitative estimate of drug-likeness (QED) is 0.307. The molecular weight excluding hydrogens is 580 g/mol. The van der Waals surface area contributed by atoms with Gasteiger partial charge in [-0.1, -0.05) is 29.8 Å². The first-order valence-corrected chi connectivity index (χ1v) is 17.1. The third-order valence-corrected chi connectivity index (χ3v) is 10.8. The van der Waals surface area contributed by atoms with Crippen LogP contribution in [0.5, 0.6) is 0 Å². The average molecular weight is 625 g/mol. The zero-order valence-electron chi connectivity index (χ0n) is 26.0. The van der Waals surface area contributed by atoms with Gasteiger partial charge in [-0.05, 0) is 77.3 Å². The fraction of sp³-hybridized carbons (Fsp3) is 0.515. The lowest BCUT2D eigenvalue weighted by Gasteiger charge is -2.36. The molecule has 0 unspecified atom stereocenters. The summed E-state index contributed by atoms with van der Waals surface area (Å²) in [6.45, 7) is 8.07. The van der Waals surface area contributed by atoms with Crippen molar-refractivity contribution in [2.45, 2.75) is 56.9 Å². The van der Waals surface area contributed by atoms with E-state index in [0.29, 0.717) is 48.6 Å². The van der Waals surface area contributed by atoms with E-state index in [0.717, 1.165) is 44.6 Å². The first-order chi connectivity index (χ1) is 21.2. The highest BCUT2D eigenvalue weighted by Gasteiger charge is 2.34. The Morgan fingerprint density at radius 2 is 1.68 bits per heavy atom. The van der Waals surface area contributed by atoms with Gasteiger partial charge >= 0.3 is 0 Å². The summed E-state index contributed by atoms with van der Waals surface area (Å²) in [5, 5.41) is 3.68. The van der Waals surface area contributed by atoms with Crippen LogP contribution in [0.4, 0.5) is 5.69 Å². The minimum atomic E-state index is -3.63. The maximum atomic E-state index is 13.8. The molecular formula is C33H44N4O6S. The number of anilines is 1. The molecule has 10 nitrogen and oxygen atoms in total. The Hall–Kier alpha value is -3.25. The number of amides is 2. The number of carbonyl (C=O) groups is 2. The summed E-state index contributed by atoms with van der Waals surface area (Å²) in [4.78, 5) is 31.7. The van der Waals surface area contributed by atoms with Crippen molar-refractivity contribution in [3.8, 4) is 0 Å². The third-order valence-electron chi connectivity index (χ3n) is 8.90. The molecule has 2 aliphatic heterocycles. The van der Waals surface area contributed by atoms with Gasteiger partial charge in [0.1, 0.15) is 11.3 Å². The number of piperidine rings is 2. The van der Waals surface area contributed by atoms with Crippen LogP contribution in [-0.2, 0) is 19.6 Å². The first-order valence-electron chi connectivity index (χ1n) is 15.7. The normalized spacial score (nSPS) is 17.4. The summed E-state index contributed by atoms with van der Waals surface area (Å²) in [6, 6.07) is 14.5. The minimum Gasteiger partial charge on any atom is -0.449 e. The Labute approximate surface area is 260 Å². The number of hydrogen-bond acceptors (Lipinski definition) is 7. The van der Waals surface area contributed by atoms with Gasteiger partial charge in [-0.2, -0.15) is 4.31 Å². The Morgan fingerprint density at radius 3 is 2.36 bits per heavy atom. The second kappa shape index (κ2) is 14.2. The number of furan rings is 1. The summed E-state index contributed by atoms with van der Waals surface area (Å²) in [6.07, 6.45) is 3.49. The molecule has 1 N–H and O–H groups in total. The second-order valence-electron chi connectivity index (χ2n) is 11.8. The van der Waals surface area contributed by atoms with Crippen molar-refractivity contribution < 1.29 is 27.2 Å². The molecule has 2 amide bonds. The summed E-state index contributed by atoms with van der Waals surface area (Å²) in [5.41, 5.74) is 1.92. The van der Waals surface area contributed by atoms with Crippen molar-refractivity contribution >= 4 is 38.5 Å². The molecule has 11 heteroatoms. The third kappa shape index (κ3) is 7.17. The standard InChI is InChI=1S/C33H44N4O6S/c1-4-42-23-7-18-35(3)26-16-19-36(20-17-26)33(39)31-30(28-8-5-6-9-29(28)43-31)34-32(38)25-14-21-37(22-15-25)44(40,41)27-12-10-24(2)11-13-27/h5-6,8-13,25-26H,4,7,14-23H2,1-3H3,(H,34,38). The number of fused-ring (bicyclic) bond motifs is 1. The van der Waals surface area contributed by atoms with E-state index in [4.69, 9.17) is 9.15 Å². The van der Waals surface area contributed by atoms with Gasteiger partial charge < -0.3 is 24.3 Å². The highest BCUT2D eigenvalue weighted by Crippen LogP contribution is 2.34. The van der Waals surface area contributed by atoms with Gasteiger partial charge in [0.15, 0.2) is 0 Å². The molecule has 0 bridgehead atoms. The zero-order chi connectivity index (χ0) is 31.3. The van der Waals surface area contributed by atoms with E-state index in [2.05, 4.69) is 17.3 Å². The molecule has 3 heterocycles. The molecule has 238 valence electrons. The maximum Gasteiger partial charge on any atom is 0.291 e. The number of benzene rings is 2. The molecule has 2 saturated heterocycles. The van der Waals surface area contributed by atoms with Crippen LogP contribution in [0.2, 0.25) is 0 Å². The van der Waals surface area contributed by atoms with Crippen molar-refractivity contribution in [2.75, 3.05) is 58.3 Å². The maximum absolute atomic E-state index is 13.8. The molecule has 44 heavy (non-hydrogen) atoms. The predicted molar refractivity (Wildman–Crippen MR) is 170 cm³/mol. The topological polar surface area (TPSA) is 112 Å². The molecule has 0 atom stereocenters. The van der Waals surface area contributed by atoms with Gasteiger partial charge in [0.25, 0.3) is 5.91 Å². The number of nitrogens with zero attached hydrogens (tertiary/aromatic N) is 3. The van der Waals surface area contributed by atoms with Crippen molar-refractivity contribution in [1.82, 2.24) is 14.1 Å². The van der Waals surface area contributed by atoms with Crippen LogP contribution in [0.1, 0.15) is 55.1 Å². The Balaban J connectivity index is 1.22. The summed E-state index contributed by atoms with van der Waals surface area (Å²) < 4.78 is 39.2. The smallest absolute Gasteiger partial charge is 0.291 e. The van der Waals surface area contributed by atoms with Crippen molar-refractivity contribution in [3.05, 3.63) is 59.9 Å². The molecule has 3 aromatic rings. The van der Waals surface area contributed by atoms with Crippen LogP contribution < -0.4 is 5.32 Å². The van der Waals surface area contributed by atoms with E-state index in [1.807, 2.05) is 36.9 Å². The molecule has 0 radical (unpaired) electrons. The van der Waals surface area contributed by atoms with E-state index in [9.17, 15) is 18.0 Å². The first kappa shape index (κ1) is 32.2. The molecule has 2 aliphatic rings. The highest BCUT2D eigenvalue weighted by atomic mass is 32.2. The van der Waals surface area contributed by atoms with Crippen LogP contribution >= 0.6 is 0 Å². The van der Waals surface area contributed by atoms with E-state index in [1.54, 1.807) is 30.3 Å². The number of likely N-dealkylation sites (tertiary alicyclic amines) is 1. The van der Waals surface area contributed by atoms with Gasteiger partial charge in [0, 0.05) is 63.3 Å². The molecule has 2 aromatic carbocycles. The molecule has 5 rings (SSSR count). The molecule has 0 aliphatic carbocycles. The van der Waals surface area contributed by atoms with Crippen LogP contribution in [0, 0.1) is 12.8 Å². The largest absolute Gasteiger partial charge is 0.449 e. The van der Waals surface area contributed by atoms with Crippen LogP contribution in [0.15, 0.2) is 57.8 Å². The fourth-order valence-corrected chi connectivity index (χ4v) is 7.63. The zero-order valence-corrected chi connectivity index (χ0v) is 26.8. The van der Waals surface area contributed by atoms with Crippen LogP contribution in [-0.4, -0.2) is 93.4 Å². The number of para-hydroxylation sites is 1. The number of sulfonamides is 1. The van der Waals surface area contributed by atoms with E-state index in [1.165, 1.54) is 4.31 Å². The van der Waals surface area contributed by atoms with E-state index in [-0.39, 0.29) is 41.5 Å². The Morgan fingerprint density at radius 1 is 1.00 bits per heavy atom. The lowest BCUT2D eigenvalue weighted by Crippen LogP contribution is -2.46. The van der Waals surface area contributed by atoms with Gasteiger partial charge in [-0.3, -0.25) is 9.59 Å². The summed E-state index contributed by atoms with van der Waals surface area (Å²) in [5.74, 6) is -0.703. The van der Waals surface area contributed by atoms with Crippen LogP contribution in [0.25, 0.3) is 11.0 Å². The minimum absolute atomic E-state index is 0.141. The van der Waals surface area contributed by atoms with Gasteiger partial charge in [-0.15, -0.1) is 0 Å². The number of rotatable bonds is 11. The van der Waals surface area contributed by atoms with Gasteiger partial charge in [-0.25, -0.2) is 8.42 Å². The van der Waals surface area contributed by atoms with Crippen molar-refractivity contribution in [3.63, 3.8) is 0 Å². The van der Waals surface area contributed by atoms with Crippen molar-refractivity contribution in [1.29, 1.82) is 0 Å². The van der Waals surface area contributed by atoms with E-state index >= 15 is 0 Å². The van der Waals surface area contributed by atoms with Gasteiger partial charge in [0.2, 0.25) is 21.7 Å². The van der Waals surface area contributed by atoms with Gasteiger partial charge in [0.05, 0.1) is 4.90 Å². The fourth-order valence-electron chi connectivity index (χ4n) is 6.16. The summed E-state index contributed by atoms with van der Waals surface area (Å²) in [7, 11) is -1.50. The number of aryl methyl sites for hydroxylation is 1. The van der Waals surface area contributed by atoms with Crippen LogP contribution in [0.3, 0.4) is 0 Å². The lowest BCUT2D eigenvalue weighted by atomic mass is 9.97. The molecule has 0 spiro atoms. The number of carbonyl (C=O) groups excluding carboxylic acids is 2. The predicted octanol–water partition coefficient (Wildman–Crippen LogP) is 4.74. The Kier molecular flexibility index (Phi) is 10.4. The monoisotopic (exact) mass is 624 g/mol. The molecule has 0 saturated carbocycles. The number of nitrogens with one attached hydrogen (secondary N) is 1. The molecule has 2 fully saturated rings. The molecule has 1 aromatic heterocycles. The Bertz CT molecular complexity index is 1540. The average Bonchev–Trinajstić information content (AvgIpc) is 3.41. The SMILES string of the molecule is CCOCCCN(C)C1CCN(C(=O)c2oc3ccccc3c2NC(=O)C2CCN(S(=O)(=O)c3ccc(C)cc3)CC2)CC1. The summed E-state index contributed by atoms with van der Waals surface area (Å²) >= 11 is 0. The van der Waals surface area contributed by atoms with Crippen molar-refractivity contribution in [2.24, 2.45) is 5.92 Å².